The first-order valence-corrected chi connectivity index (χ1v) is 7.16. The summed E-state index contributed by atoms with van der Waals surface area (Å²) < 4.78 is 0. The molecular weight excluding hydrogens is 234 g/mol. The van der Waals surface area contributed by atoms with Crippen molar-refractivity contribution in [2.45, 2.75) is 45.4 Å². The third-order valence-electron chi connectivity index (χ3n) is 3.46. The van der Waals surface area contributed by atoms with Crippen LogP contribution in [0.3, 0.4) is 0 Å². The summed E-state index contributed by atoms with van der Waals surface area (Å²) in [5.74, 6) is 0.552. The molecule has 0 aliphatic heterocycles. The molecule has 0 unspecified atom stereocenters. The lowest BCUT2D eigenvalue weighted by Crippen LogP contribution is -1.93. The van der Waals surface area contributed by atoms with Crippen LogP contribution in [0, 0.1) is 0 Å². The maximum Gasteiger partial charge on any atom is 0.197 e. The van der Waals surface area contributed by atoms with Crippen LogP contribution in [0.1, 0.15) is 43.1 Å². The summed E-state index contributed by atoms with van der Waals surface area (Å²) in [7, 11) is 0. The largest absolute Gasteiger partial charge is 0.369 e. The predicted octanol–water partition coefficient (Wildman–Crippen LogP) is 3.51. The minimum atomic E-state index is 0.552. The second-order valence-electron chi connectivity index (χ2n) is 4.95. The summed E-state index contributed by atoms with van der Waals surface area (Å²) in [5.41, 5.74) is 9.47. The van der Waals surface area contributed by atoms with Crippen LogP contribution in [-0.2, 0) is 19.3 Å². The van der Waals surface area contributed by atoms with Gasteiger partial charge in [0.25, 0.3) is 0 Å². The highest BCUT2D eigenvalue weighted by Crippen LogP contribution is 2.13. The Morgan fingerprint density at radius 2 is 1.79 bits per heavy atom. The van der Waals surface area contributed by atoms with E-state index < -0.39 is 0 Å². The maximum absolute atomic E-state index is 5.69. The van der Waals surface area contributed by atoms with Gasteiger partial charge in [-0.25, -0.2) is 4.98 Å². The van der Waals surface area contributed by atoms with Crippen LogP contribution in [0.2, 0.25) is 0 Å². The monoisotopic (exact) mass is 257 g/mol. The highest BCUT2D eigenvalue weighted by Gasteiger charge is 2.06. The highest BCUT2D eigenvalue weighted by molar-refractivity contribution is 5.26. The number of H-pyrrole nitrogens is 1. The quantitative estimate of drug-likeness (QED) is 0.746. The average molecular weight is 257 g/mol. The molecule has 0 amide bonds. The molecule has 19 heavy (non-hydrogen) atoms. The minimum absolute atomic E-state index is 0.552. The molecule has 0 bridgehead atoms. The van der Waals surface area contributed by atoms with E-state index in [0.717, 1.165) is 18.5 Å². The summed E-state index contributed by atoms with van der Waals surface area (Å²) >= 11 is 0. The predicted molar refractivity (Wildman–Crippen MR) is 80.1 cm³/mol. The number of hydrogen-bond acceptors (Lipinski definition) is 2. The molecule has 3 N–H and O–H groups in total. The van der Waals surface area contributed by atoms with Crippen LogP contribution in [0.15, 0.2) is 30.3 Å². The van der Waals surface area contributed by atoms with Crippen molar-refractivity contribution in [1.29, 1.82) is 0 Å². The number of aromatic amines is 1. The van der Waals surface area contributed by atoms with Crippen LogP contribution in [0.4, 0.5) is 5.95 Å². The van der Waals surface area contributed by atoms with Crippen molar-refractivity contribution in [1.82, 2.24) is 9.97 Å². The maximum atomic E-state index is 5.69. The Hall–Kier alpha value is -1.77. The molecule has 0 atom stereocenters. The number of hydrogen-bond donors (Lipinski definition) is 2. The van der Waals surface area contributed by atoms with E-state index in [4.69, 9.17) is 5.73 Å². The van der Waals surface area contributed by atoms with Gasteiger partial charge >= 0.3 is 0 Å². The fourth-order valence-corrected chi connectivity index (χ4v) is 2.41. The zero-order chi connectivity index (χ0) is 13.5. The third-order valence-corrected chi connectivity index (χ3v) is 3.46. The van der Waals surface area contributed by atoms with E-state index in [2.05, 4.69) is 47.2 Å². The normalized spacial score (nSPS) is 10.8. The smallest absolute Gasteiger partial charge is 0.197 e. The standard InChI is InChI=1S/C16H23N3/c1-2-14-15(19-16(17)18-14)12-8-4-7-11-13-9-5-3-6-10-13/h3,5-6,9-10H,2,4,7-8,11-12H2,1H3,(H3,17,18,19). The van der Waals surface area contributed by atoms with Crippen LogP contribution < -0.4 is 5.73 Å². The second kappa shape index (κ2) is 6.98. The summed E-state index contributed by atoms with van der Waals surface area (Å²) in [5, 5.41) is 0. The van der Waals surface area contributed by atoms with Gasteiger partial charge in [0, 0.05) is 5.69 Å². The van der Waals surface area contributed by atoms with E-state index in [9.17, 15) is 0 Å². The number of rotatable bonds is 7. The van der Waals surface area contributed by atoms with E-state index >= 15 is 0 Å². The molecule has 0 radical (unpaired) electrons. The summed E-state index contributed by atoms with van der Waals surface area (Å²) in [6.07, 6.45) is 6.85. The van der Waals surface area contributed by atoms with E-state index in [1.54, 1.807) is 0 Å². The van der Waals surface area contributed by atoms with Gasteiger partial charge in [-0.15, -0.1) is 0 Å². The Bertz CT molecular complexity index is 488. The zero-order valence-corrected chi connectivity index (χ0v) is 11.7. The van der Waals surface area contributed by atoms with Gasteiger partial charge in [-0.05, 0) is 37.7 Å². The number of nitrogens with two attached hydrogens (primary N) is 1. The van der Waals surface area contributed by atoms with Gasteiger partial charge in [0.2, 0.25) is 0 Å². The molecule has 3 heteroatoms. The van der Waals surface area contributed by atoms with Crippen molar-refractivity contribution in [3.63, 3.8) is 0 Å². The number of aryl methyl sites for hydroxylation is 3. The Balaban J connectivity index is 1.69. The van der Waals surface area contributed by atoms with Crippen molar-refractivity contribution < 1.29 is 0 Å². The van der Waals surface area contributed by atoms with Gasteiger partial charge in [0.05, 0.1) is 5.69 Å². The first kappa shape index (κ1) is 13.7. The Kier molecular flexibility index (Phi) is 5.01. The van der Waals surface area contributed by atoms with Gasteiger partial charge in [-0.1, -0.05) is 43.7 Å². The fourth-order valence-electron chi connectivity index (χ4n) is 2.41. The number of nitrogens with one attached hydrogen (secondary N) is 1. The molecule has 1 heterocycles. The summed E-state index contributed by atoms with van der Waals surface area (Å²) in [6, 6.07) is 10.7. The molecule has 1 aromatic heterocycles. The molecule has 1 aromatic carbocycles. The molecular formula is C16H23N3. The summed E-state index contributed by atoms with van der Waals surface area (Å²) in [6.45, 7) is 2.13. The van der Waals surface area contributed by atoms with Crippen molar-refractivity contribution in [3.8, 4) is 0 Å². The van der Waals surface area contributed by atoms with Gasteiger partial charge in [0.15, 0.2) is 5.95 Å². The number of nitrogens with zero attached hydrogens (tertiary/aromatic N) is 1. The van der Waals surface area contributed by atoms with Crippen LogP contribution in [0.25, 0.3) is 0 Å². The molecule has 2 aromatic rings. The molecule has 2 rings (SSSR count). The van der Waals surface area contributed by atoms with Gasteiger partial charge in [-0.3, -0.25) is 0 Å². The van der Waals surface area contributed by atoms with Crippen LogP contribution in [-0.4, -0.2) is 9.97 Å². The highest BCUT2D eigenvalue weighted by atomic mass is 15.0. The lowest BCUT2D eigenvalue weighted by molar-refractivity contribution is 0.670. The number of anilines is 1. The number of nitrogen functional groups attached to an aromatic ring is 1. The molecule has 102 valence electrons. The van der Waals surface area contributed by atoms with Crippen molar-refractivity contribution >= 4 is 5.95 Å². The molecule has 0 saturated carbocycles. The third kappa shape index (κ3) is 4.12. The topological polar surface area (TPSA) is 54.7 Å². The number of imidazole rings is 1. The van der Waals surface area contributed by atoms with Crippen molar-refractivity contribution in [3.05, 3.63) is 47.3 Å². The van der Waals surface area contributed by atoms with E-state index in [1.165, 1.54) is 36.9 Å². The first-order chi connectivity index (χ1) is 9.29. The fraction of sp³-hybridized carbons (Fsp3) is 0.438. The molecule has 0 aliphatic carbocycles. The van der Waals surface area contributed by atoms with Crippen LogP contribution >= 0.6 is 0 Å². The molecule has 3 nitrogen and oxygen atoms in total. The molecule has 0 spiro atoms. The lowest BCUT2D eigenvalue weighted by Gasteiger charge is -2.02. The zero-order valence-electron chi connectivity index (χ0n) is 11.7. The van der Waals surface area contributed by atoms with Gasteiger partial charge in [-0.2, -0.15) is 0 Å². The van der Waals surface area contributed by atoms with Crippen molar-refractivity contribution in [2.24, 2.45) is 0 Å². The Labute approximate surface area is 115 Å². The molecule has 0 saturated heterocycles. The number of benzene rings is 1. The number of unbranched alkanes of at least 4 members (excludes halogenated alkanes) is 2. The first-order valence-electron chi connectivity index (χ1n) is 7.16. The van der Waals surface area contributed by atoms with Crippen LogP contribution in [0.5, 0.6) is 0 Å². The minimum Gasteiger partial charge on any atom is -0.369 e. The van der Waals surface area contributed by atoms with E-state index in [1.807, 2.05) is 0 Å². The lowest BCUT2D eigenvalue weighted by atomic mass is 10.0. The van der Waals surface area contributed by atoms with E-state index in [0.29, 0.717) is 5.95 Å². The SMILES string of the molecule is CCc1[nH]c(N)nc1CCCCCc1ccccc1. The Morgan fingerprint density at radius 3 is 2.53 bits per heavy atom. The second-order valence-corrected chi connectivity index (χ2v) is 4.95. The Morgan fingerprint density at radius 1 is 1.05 bits per heavy atom. The van der Waals surface area contributed by atoms with Gasteiger partial charge < -0.3 is 10.7 Å². The molecule has 0 fully saturated rings. The van der Waals surface area contributed by atoms with E-state index in [-0.39, 0.29) is 0 Å². The molecule has 0 aliphatic rings. The summed E-state index contributed by atoms with van der Waals surface area (Å²) in [4.78, 5) is 7.49. The number of aromatic nitrogens is 2. The average Bonchev–Trinajstić information content (AvgIpc) is 2.80. The van der Waals surface area contributed by atoms with Crippen molar-refractivity contribution in [2.75, 3.05) is 5.73 Å². The van der Waals surface area contributed by atoms with Gasteiger partial charge in [0.1, 0.15) is 0 Å².